The van der Waals surface area contributed by atoms with Gasteiger partial charge in [0, 0.05) is 18.0 Å². The number of aliphatic hydroxyl groups excluding tert-OH is 1. The van der Waals surface area contributed by atoms with E-state index in [4.69, 9.17) is 0 Å². The Morgan fingerprint density at radius 1 is 1.37 bits per heavy atom. The lowest BCUT2D eigenvalue weighted by atomic mass is 10.0. The third-order valence-electron chi connectivity index (χ3n) is 4.81. The molecule has 0 aromatic carbocycles. The first-order valence-corrected chi connectivity index (χ1v) is 7.97. The quantitative estimate of drug-likeness (QED) is 0.922. The zero-order valence-corrected chi connectivity index (χ0v) is 12.1. The topological polar surface area (TPSA) is 40.5 Å². The molecule has 1 heterocycles. The Morgan fingerprint density at radius 2 is 2.05 bits per heavy atom. The van der Waals surface area contributed by atoms with Crippen molar-refractivity contribution in [2.75, 3.05) is 7.05 Å². The summed E-state index contributed by atoms with van der Waals surface area (Å²) < 4.78 is 0. The maximum atomic E-state index is 12.3. The molecule has 1 aromatic rings. The Bertz CT molecular complexity index is 431. The van der Waals surface area contributed by atoms with Crippen molar-refractivity contribution in [2.24, 2.45) is 11.8 Å². The van der Waals surface area contributed by atoms with Gasteiger partial charge in [0.15, 0.2) is 0 Å². The number of carbonyl (C=O) groups excluding carboxylic acids is 1. The van der Waals surface area contributed by atoms with Crippen molar-refractivity contribution in [1.82, 2.24) is 4.90 Å². The molecule has 0 radical (unpaired) electrons. The van der Waals surface area contributed by atoms with E-state index in [1.807, 2.05) is 29.5 Å². The van der Waals surface area contributed by atoms with Crippen LogP contribution in [0.25, 0.3) is 0 Å². The first-order chi connectivity index (χ1) is 9.13. The zero-order chi connectivity index (χ0) is 13.4. The first kappa shape index (κ1) is 13.1. The number of rotatable bonds is 3. The summed E-state index contributed by atoms with van der Waals surface area (Å²) in [6.07, 6.45) is 4.47. The van der Waals surface area contributed by atoms with Crippen LogP contribution in [0.2, 0.25) is 0 Å². The molecule has 2 fully saturated rings. The van der Waals surface area contributed by atoms with Crippen LogP contribution in [0.1, 0.15) is 30.6 Å². The summed E-state index contributed by atoms with van der Waals surface area (Å²) in [7, 11) is 1.94. The smallest absolute Gasteiger partial charge is 0.227 e. The fourth-order valence-electron chi connectivity index (χ4n) is 3.76. The third kappa shape index (κ3) is 2.70. The van der Waals surface area contributed by atoms with Crippen LogP contribution in [0.3, 0.4) is 0 Å². The normalized spacial score (nSPS) is 33.4. The van der Waals surface area contributed by atoms with E-state index in [9.17, 15) is 9.90 Å². The Balaban J connectivity index is 1.56. The van der Waals surface area contributed by atoms with Crippen molar-refractivity contribution in [2.45, 2.75) is 44.2 Å². The number of carbonyl (C=O) groups is 1. The monoisotopic (exact) mass is 279 g/mol. The molecule has 4 heteroatoms. The molecule has 2 aliphatic carbocycles. The van der Waals surface area contributed by atoms with E-state index in [0.29, 0.717) is 24.3 Å². The highest BCUT2D eigenvalue weighted by atomic mass is 32.1. The Labute approximate surface area is 118 Å². The van der Waals surface area contributed by atoms with Crippen molar-refractivity contribution in [3.63, 3.8) is 0 Å². The lowest BCUT2D eigenvalue weighted by Gasteiger charge is -2.25. The maximum Gasteiger partial charge on any atom is 0.227 e. The van der Waals surface area contributed by atoms with Gasteiger partial charge in [-0.15, -0.1) is 11.3 Å². The molecule has 0 spiro atoms. The van der Waals surface area contributed by atoms with Crippen molar-refractivity contribution >= 4 is 17.2 Å². The van der Waals surface area contributed by atoms with Crippen LogP contribution < -0.4 is 0 Å². The van der Waals surface area contributed by atoms with Crippen LogP contribution in [0, 0.1) is 11.8 Å². The summed E-state index contributed by atoms with van der Waals surface area (Å²) >= 11 is 1.65. The number of aliphatic hydroxyl groups is 1. The zero-order valence-electron chi connectivity index (χ0n) is 11.3. The Hall–Kier alpha value is -0.870. The highest BCUT2D eigenvalue weighted by molar-refractivity contribution is 7.10. The number of likely N-dealkylation sites (N-methyl/N-ethyl adjacent to an activating group) is 1. The lowest BCUT2D eigenvalue weighted by molar-refractivity contribution is -0.131. The van der Waals surface area contributed by atoms with Crippen molar-refractivity contribution in [3.8, 4) is 0 Å². The highest BCUT2D eigenvalue weighted by Crippen LogP contribution is 2.45. The number of hydrogen-bond acceptors (Lipinski definition) is 3. The van der Waals surface area contributed by atoms with Crippen molar-refractivity contribution in [1.29, 1.82) is 0 Å². The molecule has 0 aliphatic heterocycles. The largest absolute Gasteiger partial charge is 0.393 e. The lowest BCUT2D eigenvalue weighted by Crippen LogP contribution is -2.36. The average Bonchev–Trinajstić information content (AvgIpc) is 3.03. The SMILES string of the molecule is CN(C(=O)Cc1cccs1)C1C[C@H]2CC(O)C[C@H]2C1. The molecule has 3 nitrogen and oxygen atoms in total. The van der Waals surface area contributed by atoms with E-state index in [0.717, 1.165) is 30.6 Å². The Morgan fingerprint density at radius 3 is 2.63 bits per heavy atom. The molecule has 3 rings (SSSR count). The molecular weight excluding hydrogens is 258 g/mol. The Kier molecular flexibility index (Phi) is 3.63. The van der Waals surface area contributed by atoms with Crippen LogP contribution >= 0.6 is 11.3 Å². The second-order valence-corrected chi connectivity index (χ2v) is 7.06. The van der Waals surface area contributed by atoms with Gasteiger partial charge in [0.1, 0.15) is 0 Å². The molecule has 0 bridgehead atoms. The van der Waals surface area contributed by atoms with Crippen molar-refractivity contribution in [3.05, 3.63) is 22.4 Å². The van der Waals surface area contributed by atoms with Gasteiger partial charge in [-0.1, -0.05) is 6.07 Å². The molecule has 2 unspecified atom stereocenters. The van der Waals surface area contributed by atoms with Crippen LogP contribution in [-0.2, 0) is 11.2 Å². The van der Waals surface area contributed by atoms with Crippen LogP contribution in [-0.4, -0.2) is 35.1 Å². The van der Waals surface area contributed by atoms with E-state index in [2.05, 4.69) is 0 Å². The van der Waals surface area contributed by atoms with Crippen LogP contribution in [0.4, 0.5) is 0 Å². The van der Waals surface area contributed by atoms with Gasteiger partial charge < -0.3 is 10.0 Å². The predicted molar refractivity (Wildman–Crippen MR) is 76.0 cm³/mol. The molecule has 2 aliphatic rings. The summed E-state index contributed by atoms with van der Waals surface area (Å²) in [5.41, 5.74) is 0. The van der Waals surface area contributed by atoms with Gasteiger partial charge >= 0.3 is 0 Å². The van der Waals surface area contributed by atoms with E-state index < -0.39 is 0 Å². The summed E-state index contributed by atoms with van der Waals surface area (Å²) in [5, 5.41) is 11.7. The molecule has 104 valence electrons. The summed E-state index contributed by atoms with van der Waals surface area (Å²) in [6, 6.07) is 4.40. The molecule has 2 saturated carbocycles. The van der Waals surface area contributed by atoms with Crippen molar-refractivity contribution < 1.29 is 9.90 Å². The molecule has 0 saturated heterocycles. The van der Waals surface area contributed by atoms with Gasteiger partial charge in [0.2, 0.25) is 5.91 Å². The number of fused-ring (bicyclic) bond motifs is 1. The number of thiophene rings is 1. The minimum Gasteiger partial charge on any atom is -0.393 e. The number of nitrogens with zero attached hydrogens (tertiary/aromatic N) is 1. The number of amides is 1. The first-order valence-electron chi connectivity index (χ1n) is 7.09. The minimum atomic E-state index is -0.0944. The fraction of sp³-hybridized carbons (Fsp3) is 0.667. The van der Waals surface area contributed by atoms with Gasteiger partial charge in [0.05, 0.1) is 12.5 Å². The molecule has 1 N–H and O–H groups in total. The van der Waals surface area contributed by atoms with Crippen LogP contribution in [0.5, 0.6) is 0 Å². The molecule has 1 amide bonds. The second kappa shape index (κ2) is 5.25. The average molecular weight is 279 g/mol. The predicted octanol–water partition coefficient (Wildman–Crippen LogP) is 2.30. The molecule has 4 atom stereocenters. The fourth-order valence-corrected chi connectivity index (χ4v) is 4.46. The van der Waals surface area contributed by atoms with Gasteiger partial charge in [-0.05, 0) is 49.0 Å². The minimum absolute atomic E-state index is 0.0944. The summed E-state index contributed by atoms with van der Waals surface area (Å²) in [6.45, 7) is 0. The van der Waals surface area contributed by atoms with Gasteiger partial charge in [-0.25, -0.2) is 0 Å². The third-order valence-corrected chi connectivity index (χ3v) is 5.69. The van der Waals surface area contributed by atoms with E-state index in [-0.39, 0.29) is 12.0 Å². The van der Waals surface area contributed by atoms with Gasteiger partial charge in [0.25, 0.3) is 0 Å². The maximum absolute atomic E-state index is 12.3. The van der Waals surface area contributed by atoms with Gasteiger partial charge in [-0.2, -0.15) is 0 Å². The highest BCUT2D eigenvalue weighted by Gasteiger charge is 2.42. The number of hydrogen-bond donors (Lipinski definition) is 1. The van der Waals surface area contributed by atoms with E-state index in [1.165, 1.54) is 0 Å². The van der Waals surface area contributed by atoms with E-state index in [1.54, 1.807) is 11.3 Å². The molecule has 1 aromatic heterocycles. The standard InChI is InChI=1S/C15H21NO2S/c1-16(15(18)9-14-3-2-4-19-14)12-5-10-7-13(17)8-11(10)6-12/h2-4,10-13,17H,5-9H2,1H3/t10-,11+,12?,13?. The van der Waals surface area contributed by atoms with Crippen LogP contribution in [0.15, 0.2) is 17.5 Å². The molecule has 19 heavy (non-hydrogen) atoms. The second-order valence-electron chi connectivity index (χ2n) is 6.03. The van der Waals surface area contributed by atoms with Gasteiger partial charge in [-0.3, -0.25) is 4.79 Å². The van der Waals surface area contributed by atoms with E-state index >= 15 is 0 Å². The molecular formula is C15H21NO2S. The summed E-state index contributed by atoms with van der Waals surface area (Å²) in [4.78, 5) is 15.4. The summed E-state index contributed by atoms with van der Waals surface area (Å²) in [5.74, 6) is 1.50.